The Morgan fingerprint density at radius 2 is 2.03 bits per heavy atom. The maximum Gasteiger partial charge on any atom is 0.248 e. The van der Waals surface area contributed by atoms with Gasteiger partial charge in [-0.3, -0.25) is 4.79 Å². The Labute approximate surface area is 172 Å². The number of ether oxygens (including phenoxy) is 1. The number of nitrogens with one attached hydrogen (secondary N) is 1. The van der Waals surface area contributed by atoms with Crippen LogP contribution in [-0.2, 0) is 6.42 Å². The largest absolute Gasteiger partial charge is 0.457 e. The molecule has 0 fully saturated rings. The average Bonchev–Trinajstić information content (AvgIpc) is 3.12. The van der Waals surface area contributed by atoms with E-state index in [1.165, 1.54) is 6.20 Å². The fourth-order valence-electron chi connectivity index (χ4n) is 3.46. The van der Waals surface area contributed by atoms with Crippen LogP contribution in [0.4, 0.5) is 5.69 Å². The smallest absolute Gasteiger partial charge is 0.248 e. The Morgan fingerprint density at radius 1 is 1.21 bits per heavy atom. The maximum atomic E-state index is 11.4. The van der Waals surface area contributed by atoms with Crippen molar-refractivity contribution in [3.63, 3.8) is 0 Å². The minimum Gasteiger partial charge on any atom is -0.457 e. The summed E-state index contributed by atoms with van der Waals surface area (Å²) >= 11 is 6.46. The van der Waals surface area contributed by atoms with Crippen molar-refractivity contribution in [3.8, 4) is 17.6 Å². The van der Waals surface area contributed by atoms with Crippen LogP contribution in [0.2, 0.25) is 5.02 Å². The molecule has 1 atom stereocenters. The zero-order valence-electron chi connectivity index (χ0n) is 15.4. The van der Waals surface area contributed by atoms with Crippen molar-refractivity contribution >= 4 is 23.2 Å². The lowest BCUT2D eigenvalue weighted by atomic mass is 10.0. The highest BCUT2D eigenvalue weighted by Crippen LogP contribution is 2.37. The number of aromatic nitrogens is 1. The number of aryl methyl sites for hydroxylation is 1. The van der Waals surface area contributed by atoms with Crippen molar-refractivity contribution in [2.75, 3.05) is 5.32 Å². The number of carbonyl (C=O) groups excluding carboxylic acids is 1. The van der Waals surface area contributed by atoms with Crippen molar-refractivity contribution in [2.45, 2.75) is 18.9 Å². The highest BCUT2D eigenvalue weighted by molar-refractivity contribution is 6.33. The molecule has 3 aromatic rings. The molecule has 7 heteroatoms. The number of anilines is 1. The quantitative estimate of drug-likeness (QED) is 0.647. The van der Waals surface area contributed by atoms with E-state index in [0.717, 1.165) is 29.7 Å². The van der Waals surface area contributed by atoms with E-state index in [2.05, 4.69) is 10.3 Å². The number of rotatable bonds is 5. The molecular formula is C22H17ClN4O2. The first-order valence-electron chi connectivity index (χ1n) is 9.06. The molecule has 0 aliphatic heterocycles. The van der Waals surface area contributed by atoms with Gasteiger partial charge in [0.2, 0.25) is 5.91 Å². The van der Waals surface area contributed by atoms with E-state index in [1.54, 1.807) is 24.3 Å². The molecule has 2 aromatic carbocycles. The molecule has 1 aromatic heterocycles. The SMILES string of the molecule is N#Cc1cc(Oc2ccc(NC3CCc4cc(C(N)=O)ccc43)c(Cl)c2)ccn1. The molecular weight excluding hydrogens is 388 g/mol. The topological polar surface area (TPSA) is 101 Å². The van der Waals surface area contributed by atoms with Crippen molar-refractivity contribution in [3.05, 3.63) is 82.1 Å². The summed E-state index contributed by atoms with van der Waals surface area (Å²) in [5, 5.41) is 12.9. The standard InChI is InChI=1S/C22H17ClN4O2/c23-19-11-16(29-17-7-8-26-15(10-17)12-24)3-6-21(19)27-20-5-2-13-9-14(22(25)28)1-4-18(13)20/h1,3-4,6-11,20,27H,2,5H2,(H2,25,28). The van der Waals surface area contributed by atoms with Crippen LogP contribution < -0.4 is 15.8 Å². The number of amides is 1. The zero-order chi connectivity index (χ0) is 20.4. The molecule has 1 aliphatic carbocycles. The highest BCUT2D eigenvalue weighted by atomic mass is 35.5. The summed E-state index contributed by atoms with van der Waals surface area (Å²) in [4.78, 5) is 15.3. The van der Waals surface area contributed by atoms with E-state index in [-0.39, 0.29) is 11.7 Å². The van der Waals surface area contributed by atoms with Crippen LogP contribution in [0, 0.1) is 11.3 Å². The van der Waals surface area contributed by atoms with Gasteiger partial charge in [-0.1, -0.05) is 17.7 Å². The van der Waals surface area contributed by atoms with Gasteiger partial charge in [0.15, 0.2) is 0 Å². The number of fused-ring (bicyclic) bond motifs is 1. The Morgan fingerprint density at radius 3 is 2.79 bits per heavy atom. The summed E-state index contributed by atoms with van der Waals surface area (Å²) in [6.45, 7) is 0. The molecule has 1 aliphatic rings. The molecule has 0 saturated heterocycles. The zero-order valence-corrected chi connectivity index (χ0v) is 16.1. The predicted octanol–water partition coefficient (Wildman–Crippen LogP) is 4.60. The number of pyridine rings is 1. The molecule has 0 radical (unpaired) electrons. The lowest BCUT2D eigenvalue weighted by Gasteiger charge is -2.17. The minimum absolute atomic E-state index is 0.106. The monoisotopic (exact) mass is 404 g/mol. The second-order valence-electron chi connectivity index (χ2n) is 6.75. The molecule has 144 valence electrons. The number of benzene rings is 2. The van der Waals surface area contributed by atoms with Crippen LogP contribution in [0.3, 0.4) is 0 Å². The maximum absolute atomic E-state index is 11.4. The van der Waals surface area contributed by atoms with Gasteiger partial charge in [-0.15, -0.1) is 0 Å². The minimum atomic E-state index is -0.418. The van der Waals surface area contributed by atoms with Crippen LogP contribution in [0.15, 0.2) is 54.7 Å². The van der Waals surface area contributed by atoms with Crippen LogP contribution in [0.1, 0.15) is 39.6 Å². The Hall–Kier alpha value is -3.56. The van der Waals surface area contributed by atoms with E-state index < -0.39 is 5.91 Å². The molecule has 1 heterocycles. The number of hydrogen-bond acceptors (Lipinski definition) is 5. The lowest BCUT2D eigenvalue weighted by Crippen LogP contribution is -2.12. The molecule has 1 amide bonds. The van der Waals surface area contributed by atoms with Crippen molar-refractivity contribution < 1.29 is 9.53 Å². The second-order valence-corrected chi connectivity index (χ2v) is 7.15. The molecule has 3 N–H and O–H groups in total. The Kier molecular flexibility index (Phi) is 5.07. The molecule has 0 saturated carbocycles. The number of primary amides is 1. The van der Waals surface area contributed by atoms with Crippen molar-refractivity contribution in [1.82, 2.24) is 4.98 Å². The molecule has 0 spiro atoms. The Balaban J connectivity index is 1.50. The number of nitriles is 1. The van der Waals surface area contributed by atoms with E-state index in [1.807, 2.05) is 30.3 Å². The van der Waals surface area contributed by atoms with Gasteiger partial charge >= 0.3 is 0 Å². The fraction of sp³-hybridized carbons (Fsp3) is 0.136. The van der Waals surface area contributed by atoms with Gasteiger partial charge in [0.25, 0.3) is 0 Å². The van der Waals surface area contributed by atoms with Crippen LogP contribution in [-0.4, -0.2) is 10.9 Å². The molecule has 0 bridgehead atoms. The predicted molar refractivity (Wildman–Crippen MR) is 110 cm³/mol. The first-order chi connectivity index (χ1) is 14.0. The summed E-state index contributed by atoms with van der Waals surface area (Å²) < 4.78 is 5.77. The third-order valence-electron chi connectivity index (χ3n) is 4.86. The summed E-state index contributed by atoms with van der Waals surface area (Å²) in [7, 11) is 0. The normalized spacial score (nSPS) is 14.7. The van der Waals surface area contributed by atoms with E-state index in [0.29, 0.717) is 22.1 Å². The third kappa shape index (κ3) is 4.00. The third-order valence-corrected chi connectivity index (χ3v) is 5.17. The molecule has 4 rings (SSSR count). The summed E-state index contributed by atoms with van der Waals surface area (Å²) in [6, 6.07) is 16.3. The van der Waals surface area contributed by atoms with Gasteiger partial charge < -0.3 is 15.8 Å². The van der Waals surface area contributed by atoms with Gasteiger partial charge in [0.05, 0.1) is 16.8 Å². The summed E-state index contributed by atoms with van der Waals surface area (Å²) in [5.74, 6) is 0.663. The first-order valence-corrected chi connectivity index (χ1v) is 9.44. The number of halogens is 1. The number of hydrogen-bond donors (Lipinski definition) is 2. The fourth-order valence-corrected chi connectivity index (χ4v) is 3.68. The van der Waals surface area contributed by atoms with E-state index in [9.17, 15) is 4.79 Å². The lowest BCUT2D eigenvalue weighted by molar-refractivity contribution is 0.1000. The average molecular weight is 405 g/mol. The number of nitrogens with zero attached hydrogens (tertiary/aromatic N) is 2. The highest BCUT2D eigenvalue weighted by Gasteiger charge is 2.23. The summed E-state index contributed by atoms with van der Waals surface area (Å²) in [6.07, 6.45) is 3.29. The number of nitrogens with two attached hydrogens (primary N) is 1. The van der Waals surface area contributed by atoms with E-state index >= 15 is 0 Å². The summed E-state index contributed by atoms with van der Waals surface area (Å²) in [5.41, 5.74) is 9.25. The Bertz CT molecular complexity index is 1140. The number of carbonyl (C=O) groups is 1. The van der Waals surface area contributed by atoms with Gasteiger partial charge in [0.1, 0.15) is 23.3 Å². The van der Waals surface area contributed by atoms with Gasteiger partial charge in [-0.2, -0.15) is 5.26 Å². The van der Waals surface area contributed by atoms with Gasteiger partial charge in [-0.05, 0) is 54.3 Å². The molecule has 1 unspecified atom stereocenters. The van der Waals surface area contributed by atoms with Crippen molar-refractivity contribution in [2.24, 2.45) is 5.73 Å². The van der Waals surface area contributed by atoms with Gasteiger partial charge in [0, 0.05) is 23.9 Å². The van der Waals surface area contributed by atoms with Crippen molar-refractivity contribution in [1.29, 1.82) is 5.26 Å². The van der Waals surface area contributed by atoms with Crippen LogP contribution >= 0.6 is 11.6 Å². The molecule has 6 nitrogen and oxygen atoms in total. The van der Waals surface area contributed by atoms with Gasteiger partial charge in [-0.25, -0.2) is 4.98 Å². The molecule has 29 heavy (non-hydrogen) atoms. The van der Waals surface area contributed by atoms with Crippen LogP contribution in [0.5, 0.6) is 11.5 Å². The second kappa shape index (κ2) is 7.82. The first kappa shape index (κ1) is 18.8. The van der Waals surface area contributed by atoms with Crippen LogP contribution in [0.25, 0.3) is 0 Å². The van der Waals surface area contributed by atoms with E-state index in [4.69, 9.17) is 27.3 Å².